The van der Waals surface area contributed by atoms with Crippen LogP contribution in [0.4, 0.5) is 5.82 Å². The molecule has 1 aromatic rings. The van der Waals surface area contributed by atoms with Crippen LogP contribution >= 0.6 is 0 Å². The minimum atomic E-state index is 0.0363. The van der Waals surface area contributed by atoms with Crippen LogP contribution in [0.3, 0.4) is 0 Å². The Bertz CT molecular complexity index is 420. The number of rotatable bonds is 2. The summed E-state index contributed by atoms with van der Waals surface area (Å²) in [5.74, 6) is 2.94. The summed E-state index contributed by atoms with van der Waals surface area (Å²) in [5, 5.41) is 0. The predicted molar refractivity (Wildman–Crippen MR) is 75.5 cm³/mol. The summed E-state index contributed by atoms with van der Waals surface area (Å²) in [6.07, 6.45) is 5.02. The van der Waals surface area contributed by atoms with Crippen molar-refractivity contribution in [1.82, 2.24) is 9.97 Å². The molecule has 0 bridgehead atoms. The van der Waals surface area contributed by atoms with Gasteiger partial charge in [0.1, 0.15) is 11.6 Å². The second kappa shape index (κ2) is 4.87. The Balaban J connectivity index is 2.26. The second-order valence-corrected chi connectivity index (χ2v) is 6.57. The van der Waals surface area contributed by atoms with Gasteiger partial charge >= 0.3 is 0 Å². The molecule has 0 aliphatic heterocycles. The summed E-state index contributed by atoms with van der Waals surface area (Å²) in [5.41, 5.74) is 7.04. The van der Waals surface area contributed by atoms with Gasteiger partial charge in [-0.3, -0.25) is 0 Å². The molecule has 3 nitrogen and oxygen atoms in total. The molecule has 1 aromatic heterocycles. The van der Waals surface area contributed by atoms with E-state index in [-0.39, 0.29) is 5.41 Å². The lowest BCUT2D eigenvalue weighted by molar-refractivity contribution is 0.512. The average molecular weight is 247 g/mol. The third-order valence-electron chi connectivity index (χ3n) is 4.02. The van der Waals surface area contributed by atoms with Crippen LogP contribution in [0.2, 0.25) is 0 Å². The first-order valence-electron chi connectivity index (χ1n) is 7.05. The molecule has 2 unspecified atom stereocenters. The topological polar surface area (TPSA) is 51.8 Å². The van der Waals surface area contributed by atoms with Crippen LogP contribution in [0, 0.1) is 5.92 Å². The highest BCUT2D eigenvalue weighted by molar-refractivity contribution is 5.33. The summed E-state index contributed by atoms with van der Waals surface area (Å²) in [4.78, 5) is 9.23. The Labute approximate surface area is 110 Å². The molecule has 1 fully saturated rings. The van der Waals surface area contributed by atoms with Crippen molar-refractivity contribution in [2.24, 2.45) is 5.92 Å². The van der Waals surface area contributed by atoms with Gasteiger partial charge in [-0.2, -0.15) is 0 Å². The predicted octanol–water partition coefficient (Wildman–Crippen LogP) is 3.65. The molecular formula is C15H25N3. The van der Waals surface area contributed by atoms with E-state index in [9.17, 15) is 0 Å². The van der Waals surface area contributed by atoms with Crippen molar-refractivity contribution in [2.75, 3.05) is 5.73 Å². The normalized spacial score (nSPS) is 24.4. The monoisotopic (exact) mass is 247 g/mol. The van der Waals surface area contributed by atoms with Crippen molar-refractivity contribution in [2.45, 2.75) is 64.7 Å². The van der Waals surface area contributed by atoms with Gasteiger partial charge in [0.15, 0.2) is 0 Å². The maximum Gasteiger partial charge on any atom is 0.134 e. The van der Waals surface area contributed by atoms with E-state index in [0.717, 1.165) is 17.4 Å². The highest BCUT2D eigenvalue weighted by atomic mass is 15.0. The fourth-order valence-corrected chi connectivity index (χ4v) is 2.73. The molecule has 2 N–H and O–H groups in total. The van der Waals surface area contributed by atoms with Crippen molar-refractivity contribution >= 4 is 5.82 Å². The van der Waals surface area contributed by atoms with E-state index in [0.29, 0.717) is 11.7 Å². The van der Waals surface area contributed by atoms with Crippen LogP contribution < -0.4 is 5.73 Å². The maximum atomic E-state index is 5.94. The number of nitrogens with two attached hydrogens (primary N) is 1. The van der Waals surface area contributed by atoms with Crippen LogP contribution in [-0.4, -0.2) is 9.97 Å². The Hall–Kier alpha value is -1.12. The lowest BCUT2D eigenvalue weighted by Gasteiger charge is -2.20. The Morgan fingerprint density at radius 1 is 1.28 bits per heavy atom. The van der Waals surface area contributed by atoms with Crippen molar-refractivity contribution in [3.05, 3.63) is 17.6 Å². The van der Waals surface area contributed by atoms with Gasteiger partial charge in [0, 0.05) is 17.4 Å². The van der Waals surface area contributed by atoms with Crippen LogP contribution in [0.15, 0.2) is 6.07 Å². The number of aromatic nitrogens is 2. The van der Waals surface area contributed by atoms with Gasteiger partial charge in [-0.15, -0.1) is 0 Å². The molecule has 0 spiro atoms. The van der Waals surface area contributed by atoms with E-state index in [1.54, 1.807) is 0 Å². The Morgan fingerprint density at radius 2 is 2.00 bits per heavy atom. The van der Waals surface area contributed by atoms with E-state index in [1.807, 2.05) is 6.07 Å². The molecule has 1 heterocycles. The van der Waals surface area contributed by atoms with Crippen LogP contribution in [0.1, 0.15) is 70.8 Å². The van der Waals surface area contributed by atoms with Gasteiger partial charge in [0.2, 0.25) is 0 Å². The smallest absolute Gasteiger partial charge is 0.134 e. The molecule has 100 valence electrons. The minimum absolute atomic E-state index is 0.0363. The Morgan fingerprint density at radius 3 is 2.56 bits per heavy atom. The number of nitrogens with zero attached hydrogens (tertiary/aromatic N) is 2. The van der Waals surface area contributed by atoms with Crippen molar-refractivity contribution < 1.29 is 0 Å². The van der Waals surface area contributed by atoms with Crippen LogP contribution in [0.5, 0.6) is 0 Å². The summed E-state index contributed by atoms with van der Waals surface area (Å²) >= 11 is 0. The Kier molecular flexibility index (Phi) is 3.60. The highest BCUT2D eigenvalue weighted by Gasteiger charge is 2.28. The lowest BCUT2D eigenvalue weighted by atomic mass is 9.91. The van der Waals surface area contributed by atoms with E-state index < -0.39 is 0 Å². The first-order valence-corrected chi connectivity index (χ1v) is 7.05. The van der Waals surface area contributed by atoms with Gasteiger partial charge in [-0.25, -0.2) is 9.97 Å². The fraction of sp³-hybridized carbons (Fsp3) is 0.733. The molecule has 3 heteroatoms. The standard InChI is InChI=1S/C15H25N3/c1-5-10-6-7-11(8-10)14-17-12(15(2,3)4)9-13(16)18-14/h9-11H,5-8H2,1-4H3,(H2,16,17,18). The van der Waals surface area contributed by atoms with Gasteiger partial charge in [0.25, 0.3) is 0 Å². The van der Waals surface area contributed by atoms with Gasteiger partial charge in [0.05, 0.1) is 5.69 Å². The summed E-state index contributed by atoms with van der Waals surface area (Å²) in [6.45, 7) is 8.78. The van der Waals surface area contributed by atoms with Crippen molar-refractivity contribution in [3.63, 3.8) is 0 Å². The molecule has 0 saturated heterocycles. The third-order valence-corrected chi connectivity index (χ3v) is 4.02. The number of anilines is 1. The first kappa shape index (κ1) is 13.3. The minimum Gasteiger partial charge on any atom is -0.384 e. The van der Waals surface area contributed by atoms with E-state index in [4.69, 9.17) is 10.7 Å². The molecular weight excluding hydrogens is 222 g/mol. The average Bonchev–Trinajstić information content (AvgIpc) is 2.75. The number of nitrogen functional groups attached to an aromatic ring is 1. The molecule has 2 rings (SSSR count). The van der Waals surface area contributed by atoms with Crippen LogP contribution in [0.25, 0.3) is 0 Å². The second-order valence-electron chi connectivity index (χ2n) is 6.57. The van der Waals surface area contributed by atoms with Gasteiger partial charge in [-0.05, 0) is 25.2 Å². The third kappa shape index (κ3) is 2.82. The van der Waals surface area contributed by atoms with E-state index in [2.05, 4.69) is 32.7 Å². The first-order chi connectivity index (χ1) is 8.40. The molecule has 2 atom stereocenters. The van der Waals surface area contributed by atoms with Gasteiger partial charge < -0.3 is 5.73 Å². The quantitative estimate of drug-likeness (QED) is 0.868. The molecule has 0 radical (unpaired) electrons. The summed E-state index contributed by atoms with van der Waals surface area (Å²) < 4.78 is 0. The SMILES string of the molecule is CCC1CCC(c2nc(N)cc(C(C)(C)C)n2)C1. The molecule has 1 aliphatic rings. The molecule has 1 aliphatic carbocycles. The van der Waals surface area contributed by atoms with Crippen LogP contribution in [-0.2, 0) is 5.41 Å². The largest absolute Gasteiger partial charge is 0.384 e. The van der Waals surface area contributed by atoms with Crippen molar-refractivity contribution in [3.8, 4) is 0 Å². The fourth-order valence-electron chi connectivity index (χ4n) is 2.73. The van der Waals surface area contributed by atoms with Gasteiger partial charge in [-0.1, -0.05) is 34.1 Å². The zero-order valence-electron chi connectivity index (χ0n) is 12.0. The highest BCUT2D eigenvalue weighted by Crippen LogP contribution is 2.39. The van der Waals surface area contributed by atoms with E-state index in [1.165, 1.54) is 25.7 Å². The number of hydrogen-bond donors (Lipinski definition) is 1. The zero-order valence-corrected chi connectivity index (χ0v) is 12.0. The summed E-state index contributed by atoms with van der Waals surface area (Å²) in [7, 11) is 0. The molecule has 18 heavy (non-hydrogen) atoms. The van der Waals surface area contributed by atoms with E-state index >= 15 is 0 Å². The number of hydrogen-bond acceptors (Lipinski definition) is 3. The lowest BCUT2D eigenvalue weighted by Crippen LogP contribution is -2.17. The zero-order chi connectivity index (χ0) is 13.3. The maximum absolute atomic E-state index is 5.94. The molecule has 0 amide bonds. The molecule has 1 saturated carbocycles. The van der Waals surface area contributed by atoms with Crippen molar-refractivity contribution in [1.29, 1.82) is 0 Å². The molecule has 0 aromatic carbocycles. The summed E-state index contributed by atoms with van der Waals surface area (Å²) in [6, 6.07) is 1.91.